The third-order valence-electron chi connectivity index (χ3n) is 2.92. The Hall–Kier alpha value is -0.120. The average molecular weight is 246 g/mol. The highest BCUT2D eigenvalue weighted by molar-refractivity contribution is 4.58. The molecule has 0 amide bonds. The van der Waals surface area contributed by atoms with Crippen LogP contribution in [0.2, 0.25) is 0 Å². The number of ether oxygens (including phenoxy) is 3. The van der Waals surface area contributed by atoms with Gasteiger partial charge in [-0.05, 0) is 0 Å². The molecule has 0 bridgehead atoms. The molecule has 1 heterocycles. The van der Waals surface area contributed by atoms with E-state index < -0.39 is 0 Å². The topological polar surface area (TPSA) is 27.7 Å². The molecule has 2 atom stereocenters. The lowest BCUT2D eigenvalue weighted by Gasteiger charge is -2.09. The second-order valence-electron chi connectivity index (χ2n) is 4.46. The van der Waals surface area contributed by atoms with Crippen LogP contribution in [0.4, 0.5) is 0 Å². The molecule has 0 saturated carbocycles. The number of unbranched alkanes of at least 4 members (excludes halogenated alkanes) is 5. The van der Waals surface area contributed by atoms with E-state index in [1.807, 2.05) is 0 Å². The van der Waals surface area contributed by atoms with Crippen LogP contribution in [0.1, 0.15) is 65.2 Å². The normalized spacial score (nSPS) is 23.3. The summed E-state index contributed by atoms with van der Waals surface area (Å²) >= 11 is 0. The molecule has 104 valence electrons. The maximum absolute atomic E-state index is 5.22. The summed E-state index contributed by atoms with van der Waals surface area (Å²) in [4.78, 5) is 0. The smallest absolute Gasteiger partial charge is 0.160 e. The average Bonchev–Trinajstić information content (AvgIpc) is 2.83. The summed E-state index contributed by atoms with van der Waals surface area (Å²) in [7, 11) is 3.28. The largest absolute Gasteiger partial charge is 0.356 e. The zero-order valence-corrected chi connectivity index (χ0v) is 12.0. The number of methoxy groups -OCH3 is 2. The van der Waals surface area contributed by atoms with Crippen molar-refractivity contribution in [2.75, 3.05) is 14.2 Å². The van der Waals surface area contributed by atoms with Crippen LogP contribution in [0.3, 0.4) is 0 Å². The summed E-state index contributed by atoms with van der Waals surface area (Å²) in [6.07, 6.45) is 10.3. The fourth-order valence-corrected chi connectivity index (χ4v) is 1.78. The minimum atomic E-state index is -0.0463. The molecule has 1 saturated heterocycles. The Bertz CT molecular complexity index is 134. The van der Waals surface area contributed by atoms with Gasteiger partial charge in [0.15, 0.2) is 12.6 Å². The van der Waals surface area contributed by atoms with Gasteiger partial charge in [0.1, 0.15) is 0 Å². The van der Waals surface area contributed by atoms with Gasteiger partial charge >= 0.3 is 0 Å². The van der Waals surface area contributed by atoms with Gasteiger partial charge in [-0.25, -0.2) is 0 Å². The molecule has 2 unspecified atom stereocenters. The molecular formula is C14H30O3. The molecule has 0 aliphatic carbocycles. The van der Waals surface area contributed by atoms with Gasteiger partial charge in [0, 0.05) is 27.1 Å². The lowest BCUT2D eigenvalue weighted by Crippen LogP contribution is -2.13. The predicted molar refractivity (Wildman–Crippen MR) is 71.0 cm³/mol. The molecule has 0 aromatic heterocycles. The summed E-state index contributed by atoms with van der Waals surface area (Å²) in [6, 6.07) is 0. The minimum Gasteiger partial charge on any atom is -0.356 e. The molecule has 1 aliphatic heterocycles. The van der Waals surface area contributed by atoms with Gasteiger partial charge in [-0.15, -0.1) is 0 Å². The molecular weight excluding hydrogens is 216 g/mol. The van der Waals surface area contributed by atoms with Crippen molar-refractivity contribution < 1.29 is 14.2 Å². The number of hydrogen-bond acceptors (Lipinski definition) is 3. The second-order valence-corrected chi connectivity index (χ2v) is 4.46. The van der Waals surface area contributed by atoms with Crippen molar-refractivity contribution in [3.63, 3.8) is 0 Å². The molecule has 0 radical (unpaired) electrons. The van der Waals surface area contributed by atoms with E-state index in [0.717, 1.165) is 12.8 Å². The summed E-state index contributed by atoms with van der Waals surface area (Å²) in [5.41, 5.74) is 0. The second kappa shape index (κ2) is 12.3. The maximum Gasteiger partial charge on any atom is 0.160 e. The first-order chi connectivity index (χ1) is 8.28. The van der Waals surface area contributed by atoms with Crippen LogP contribution in [0.5, 0.6) is 0 Å². The van der Waals surface area contributed by atoms with Crippen molar-refractivity contribution in [3.8, 4) is 0 Å². The van der Waals surface area contributed by atoms with E-state index >= 15 is 0 Å². The van der Waals surface area contributed by atoms with Crippen LogP contribution in [0, 0.1) is 0 Å². The fraction of sp³-hybridized carbons (Fsp3) is 1.00. The fourth-order valence-electron chi connectivity index (χ4n) is 1.78. The van der Waals surface area contributed by atoms with E-state index in [2.05, 4.69) is 13.8 Å². The van der Waals surface area contributed by atoms with Crippen molar-refractivity contribution in [1.82, 2.24) is 0 Å². The summed E-state index contributed by atoms with van der Waals surface area (Å²) < 4.78 is 15.1. The summed E-state index contributed by atoms with van der Waals surface area (Å²) in [5, 5.41) is 0. The monoisotopic (exact) mass is 246 g/mol. The summed E-state index contributed by atoms with van der Waals surface area (Å²) in [6.45, 7) is 4.51. The first-order valence-electron chi connectivity index (χ1n) is 6.99. The van der Waals surface area contributed by atoms with Crippen LogP contribution in [0.15, 0.2) is 0 Å². The molecule has 3 heteroatoms. The van der Waals surface area contributed by atoms with Crippen LogP contribution in [0.25, 0.3) is 0 Å². The molecule has 0 N–H and O–H groups in total. The van der Waals surface area contributed by atoms with Crippen LogP contribution < -0.4 is 0 Å². The first kappa shape index (κ1) is 16.9. The Labute approximate surface area is 107 Å². The standard InChI is InChI=1S/C8H18.C6H12O3/c1-3-5-7-8-6-4-2;1-7-5-3-4-6(8-2)9-5/h3-8H2,1-2H3;5-6H,3-4H2,1-2H3. The van der Waals surface area contributed by atoms with Crippen LogP contribution in [-0.4, -0.2) is 26.8 Å². The minimum absolute atomic E-state index is 0.0463. The van der Waals surface area contributed by atoms with E-state index in [0.29, 0.717) is 0 Å². The molecule has 3 nitrogen and oxygen atoms in total. The Morgan fingerprint density at radius 2 is 1.24 bits per heavy atom. The highest BCUT2D eigenvalue weighted by Gasteiger charge is 2.23. The van der Waals surface area contributed by atoms with E-state index in [1.54, 1.807) is 14.2 Å². The van der Waals surface area contributed by atoms with Gasteiger partial charge in [0.05, 0.1) is 0 Å². The SMILES string of the molecule is CCCCCCCC.COC1CCC(OC)O1. The van der Waals surface area contributed by atoms with Crippen molar-refractivity contribution in [2.45, 2.75) is 77.8 Å². The number of rotatable bonds is 7. The van der Waals surface area contributed by atoms with Gasteiger partial charge in [-0.1, -0.05) is 52.4 Å². The zero-order chi connectivity index (χ0) is 12.9. The maximum atomic E-state index is 5.22. The van der Waals surface area contributed by atoms with Gasteiger partial charge in [0.2, 0.25) is 0 Å². The summed E-state index contributed by atoms with van der Waals surface area (Å²) in [5.74, 6) is 0. The van der Waals surface area contributed by atoms with Crippen molar-refractivity contribution in [2.24, 2.45) is 0 Å². The van der Waals surface area contributed by atoms with E-state index in [-0.39, 0.29) is 12.6 Å². The first-order valence-corrected chi connectivity index (χ1v) is 6.99. The molecule has 0 spiro atoms. The van der Waals surface area contributed by atoms with Crippen molar-refractivity contribution in [1.29, 1.82) is 0 Å². The van der Waals surface area contributed by atoms with E-state index in [4.69, 9.17) is 14.2 Å². The highest BCUT2D eigenvalue weighted by Crippen LogP contribution is 2.19. The van der Waals surface area contributed by atoms with Crippen LogP contribution >= 0.6 is 0 Å². The number of hydrogen-bond donors (Lipinski definition) is 0. The third kappa shape index (κ3) is 9.57. The van der Waals surface area contributed by atoms with E-state index in [9.17, 15) is 0 Å². The zero-order valence-electron chi connectivity index (χ0n) is 12.0. The van der Waals surface area contributed by atoms with Gasteiger partial charge in [0.25, 0.3) is 0 Å². The highest BCUT2D eigenvalue weighted by atomic mass is 16.8. The molecule has 1 rings (SSSR count). The Morgan fingerprint density at radius 1 is 0.824 bits per heavy atom. The van der Waals surface area contributed by atoms with Crippen molar-refractivity contribution >= 4 is 0 Å². The molecule has 17 heavy (non-hydrogen) atoms. The third-order valence-corrected chi connectivity index (χ3v) is 2.92. The van der Waals surface area contributed by atoms with E-state index in [1.165, 1.54) is 38.5 Å². The van der Waals surface area contributed by atoms with Gasteiger partial charge in [-0.3, -0.25) is 0 Å². The van der Waals surface area contributed by atoms with Gasteiger partial charge < -0.3 is 14.2 Å². The molecule has 1 fully saturated rings. The Morgan fingerprint density at radius 3 is 1.47 bits per heavy atom. The van der Waals surface area contributed by atoms with Gasteiger partial charge in [-0.2, -0.15) is 0 Å². The van der Waals surface area contributed by atoms with Crippen molar-refractivity contribution in [3.05, 3.63) is 0 Å². The quantitative estimate of drug-likeness (QED) is 0.633. The Balaban J connectivity index is 0.000000304. The molecule has 0 aromatic rings. The molecule has 0 aromatic carbocycles. The lowest BCUT2D eigenvalue weighted by atomic mass is 10.1. The molecule has 1 aliphatic rings. The van der Waals surface area contributed by atoms with Crippen LogP contribution in [-0.2, 0) is 14.2 Å². The predicted octanol–water partition coefficient (Wildman–Crippen LogP) is 4.11. The Kier molecular flexibility index (Phi) is 12.3. The lowest BCUT2D eigenvalue weighted by molar-refractivity contribution is -0.185.